The summed E-state index contributed by atoms with van der Waals surface area (Å²) >= 11 is 1.52. The Labute approximate surface area is 113 Å². The average Bonchev–Trinajstić information content (AvgIpc) is 3.10. The molecular formula is C13H10N4OS. The minimum Gasteiger partial charge on any atom is -0.320 e. The second-order valence-electron chi connectivity index (χ2n) is 3.82. The molecule has 0 unspecified atom stereocenters. The largest absolute Gasteiger partial charge is 0.320 e. The molecule has 19 heavy (non-hydrogen) atoms. The van der Waals surface area contributed by atoms with Crippen LogP contribution in [0.25, 0.3) is 5.69 Å². The summed E-state index contributed by atoms with van der Waals surface area (Å²) in [6.45, 7) is 0. The Balaban J connectivity index is 1.80. The third-order valence-corrected chi connectivity index (χ3v) is 3.17. The van der Waals surface area contributed by atoms with Crippen molar-refractivity contribution in [1.29, 1.82) is 0 Å². The lowest BCUT2D eigenvalue weighted by atomic mass is 10.3. The molecule has 2 aromatic heterocycles. The summed E-state index contributed by atoms with van der Waals surface area (Å²) < 4.78 is 0. The Bertz CT molecular complexity index is 676. The average molecular weight is 270 g/mol. The van der Waals surface area contributed by atoms with Gasteiger partial charge in [-0.2, -0.15) is 21.2 Å². The molecule has 0 aliphatic carbocycles. The van der Waals surface area contributed by atoms with E-state index in [-0.39, 0.29) is 11.6 Å². The van der Waals surface area contributed by atoms with Crippen LogP contribution >= 0.6 is 11.3 Å². The van der Waals surface area contributed by atoms with Crippen molar-refractivity contribution in [1.82, 2.24) is 15.0 Å². The lowest BCUT2D eigenvalue weighted by Crippen LogP contribution is -2.12. The van der Waals surface area contributed by atoms with Gasteiger partial charge in [-0.3, -0.25) is 4.79 Å². The van der Waals surface area contributed by atoms with Crippen molar-refractivity contribution in [2.75, 3.05) is 5.32 Å². The van der Waals surface area contributed by atoms with Crippen molar-refractivity contribution in [2.45, 2.75) is 0 Å². The number of nitrogens with one attached hydrogen (secondary N) is 1. The monoisotopic (exact) mass is 270 g/mol. The van der Waals surface area contributed by atoms with Gasteiger partial charge in [0.25, 0.3) is 5.91 Å². The van der Waals surface area contributed by atoms with E-state index >= 15 is 0 Å². The molecule has 1 aromatic carbocycles. The Morgan fingerprint density at radius 3 is 2.79 bits per heavy atom. The standard InChI is InChI=1S/C13H10N4OS/c18-13(15-10-6-7-19-9-10)12-8-14-17(16-12)11-4-2-1-3-5-11/h1-9H,(H,15,18). The molecule has 6 heteroatoms. The van der Waals surface area contributed by atoms with Crippen molar-refractivity contribution in [2.24, 2.45) is 0 Å². The van der Waals surface area contributed by atoms with E-state index in [9.17, 15) is 4.79 Å². The minimum atomic E-state index is -0.263. The van der Waals surface area contributed by atoms with Crippen LogP contribution in [0.4, 0.5) is 5.69 Å². The number of carbonyl (C=O) groups excluding carboxylic acids is 1. The Morgan fingerprint density at radius 1 is 1.21 bits per heavy atom. The van der Waals surface area contributed by atoms with Gasteiger partial charge in [0.15, 0.2) is 5.69 Å². The highest BCUT2D eigenvalue weighted by Gasteiger charge is 2.11. The van der Waals surface area contributed by atoms with Crippen LogP contribution in [0.5, 0.6) is 0 Å². The molecule has 1 amide bonds. The van der Waals surface area contributed by atoms with Crippen LogP contribution < -0.4 is 5.32 Å². The van der Waals surface area contributed by atoms with Crippen LogP contribution in [0.1, 0.15) is 10.5 Å². The molecule has 2 heterocycles. The maximum absolute atomic E-state index is 11.9. The van der Waals surface area contributed by atoms with E-state index in [0.29, 0.717) is 0 Å². The summed E-state index contributed by atoms with van der Waals surface area (Å²) in [4.78, 5) is 13.4. The van der Waals surface area contributed by atoms with Crippen molar-refractivity contribution >= 4 is 22.9 Å². The van der Waals surface area contributed by atoms with Gasteiger partial charge in [0.1, 0.15) is 0 Å². The molecule has 0 saturated heterocycles. The number of thiophene rings is 1. The minimum absolute atomic E-state index is 0.263. The van der Waals surface area contributed by atoms with Crippen molar-refractivity contribution in [3.63, 3.8) is 0 Å². The third kappa shape index (κ3) is 2.53. The predicted molar refractivity (Wildman–Crippen MR) is 73.6 cm³/mol. The number of anilines is 1. The van der Waals surface area contributed by atoms with Crippen LogP contribution in [-0.2, 0) is 0 Å². The van der Waals surface area contributed by atoms with Crippen LogP contribution in [-0.4, -0.2) is 20.9 Å². The van der Waals surface area contributed by atoms with E-state index < -0.39 is 0 Å². The molecule has 3 aromatic rings. The van der Waals surface area contributed by atoms with E-state index in [1.165, 1.54) is 22.3 Å². The van der Waals surface area contributed by atoms with Gasteiger partial charge in [0, 0.05) is 5.38 Å². The van der Waals surface area contributed by atoms with Crippen LogP contribution in [0.2, 0.25) is 0 Å². The normalized spacial score (nSPS) is 10.3. The highest BCUT2D eigenvalue weighted by atomic mass is 32.1. The van der Waals surface area contributed by atoms with Crippen molar-refractivity contribution in [3.8, 4) is 5.69 Å². The summed E-state index contributed by atoms with van der Waals surface area (Å²) in [6, 6.07) is 11.3. The van der Waals surface area contributed by atoms with Crippen molar-refractivity contribution in [3.05, 3.63) is 59.0 Å². The zero-order chi connectivity index (χ0) is 13.1. The number of benzene rings is 1. The first-order valence-corrected chi connectivity index (χ1v) is 6.58. The zero-order valence-corrected chi connectivity index (χ0v) is 10.7. The Morgan fingerprint density at radius 2 is 2.05 bits per heavy atom. The topological polar surface area (TPSA) is 59.8 Å². The number of aromatic nitrogens is 3. The number of carbonyl (C=O) groups is 1. The Kier molecular flexibility index (Phi) is 3.07. The molecule has 0 atom stereocenters. The number of hydrogen-bond donors (Lipinski definition) is 1. The summed E-state index contributed by atoms with van der Waals surface area (Å²) in [7, 11) is 0. The number of rotatable bonds is 3. The van der Waals surface area contributed by atoms with Crippen LogP contribution in [0.3, 0.4) is 0 Å². The maximum Gasteiger partial charge on any atom is 0.277 e. The molecule has 0 bridgehead atoms. The molecular weight excluding hydrogens is 260 g/mol. The fourth-order valence-electron chi connectivity index (χ4n) is 1.58. The van der Waals surface area contributed by atoms with Gasteiger partial charge in [-0.15, -0.1) is 5.10 Å². The van der Waals surface area contributed by atoms with Gasteiger partial charge in [0.05, 0.1) is 17.6 Å². The van der Waals surface area contributed by atoms with E-state index in [1.807, 2.05) is 47.2 Å². The second-order valence-corrected chi connectivity index (χ2v) is 4.60. The first-order chi connectivity index (χ1) is 9.33. The predicted octanol–water partition coefficient (Wildman–Crippen LogP) is 2.58. The van der Waals surface area contributed by atoms with Gasteiger partial charge >= 0.3 is 0 Å². The van der Waals surface area contributed by atoms with Crippen LogP contribution in [0, 0.1) is 0 Å². The van der Waals surface area contributed by atoms with E-state index in [0.717, 1.165) is 11.4 Å². The number of para-hydroxylation sites is 1. The molecule has 0 fully saturated rings. The van der Waals surface area contributed by atoms with Crippen molar-refractivity contribution < 1.29 is 4.79 Å². The second kappa shape index (κ2) is 5.03. The first-order valence-electron chi connectivity index (χ1n) is 5.64. The third-order valence-electron chi connectivity index (χ3n) is 2.49. The van der Waals surface area contributed by atoms with Gasteiger partial charge in [0.2, 0.25) is 0 Å². The quantitative estimate of drug-likeness (QED) is 0.795. The summed E-state index contributed by atoms with van der Waals surface area (Å²) in [5.41, 5.74) is 1.87. The zero-order valence-electron chi connectivity index (χ0n) is 9.85. The summed E-state index contributed by atoms with van der Waals surface area (Å²) in [5.74, 6) is -0.263. The molecule has 3 rings (SSSR count). The molecule has 5 nitrogen and oxygen atoms in total. The number of nitrogens with zero attached hydrogens (tertiary/aromatic N) is 3. The SMILES string of the molecule is O=C(Nc1ccsc1)c1cnn(-c2ccccc2)n1. The smallest absolute Gasteiger partial charge is 0.277 e. The highest BCUT2D eigenvalue weighted by Crippen LogP contribution is 2.13. The molecule has 0 spiro atoms. The van der Waals surface area contributed by atoms with Crippen LogP contribution in [0.15, 0.2) is 53.4 Å². The number of amides is 1. The Hall–Kier alpha value is -2.47. The van der Waals surface area contributed by atoms with Gasteiger partial charge in [-0.25, -0.2) is 0 Å². The van der Waals surface area contributed by atoms with Gasteiger partial charge in [-0.05, 0) is 23.6 Å². The maximum atomic E-state index is 11.9. The van der Waals surface area contributed by atoms with E-state index in [4.69, 9.17) is 0 Å². The van der Waals surface area contributed by atoms with E-state index in [2.05, 4.69) is 15.5 Å². The first kappa shape index (κ1) is 11.6. The molecule has 0 saturated carbocycles. The number of hydrogen-bond acceptors (Lipinski definition) is 4. The molecule has 1 N–H and O–H groups in total. The van der Waals surface area contributed by atoms with E-state index in [1.54, 1.807) is 0 Å². The molecule has 0 aliphatic rings. The van der Waals surface area contributed by atoms with Gasteiger partial charge < -0.3 is 5.32 Å². The summed E-state index contributed by atoms with van der Waals surface area (Å²) in [5, 5.41) is 14.8. The fourth-order valence-corrected chi connectivity index (χ4v) is 2.17. The molecule has 0 radical (unpaired) electrons. The highest BCUT2D eigenvalue weighted by molar-refractivity contribution is 7.08. The molecule has 0 aliphatic heterocycles. The fraction of sp³-hybridized carbons (Fsp3) is 0. The lowest BCUT2D eigenvalue weighted by Gasteiger charge is -1.99. The molecule has 94 valence electrons. The lowest BCUT2D eigenvalue weighted by molar-refractivity contribution is 0.102. The summed E-state index contributed by atoms with van der Waals surface area (Å²) in [6.07, 6.45) is 1.45. The van der Waals surface area contributed by atoms with Gasteiger partial charge in [-0.1, -0.05) is 18.2 Å².